The molecule has 0 bridgehead atoms. The topological polar surface area (TPSA) is 13.1 Å². The number of rotatable bonds is 3. The normalized spacial score (nSPS) is 11.1. The second kappa shape index (κ2) is 14.1. The van der Waals surface area contributed by atoms with Crippen LogP contribution in [0.15, 0.2) is 139 Å². The number of allylic oxidation sites excluding steroid dienone is 1. The molecule has 6 aromatic rings. The highest BCUT2D eigenvalue weighted by Gasteiger charge is 2.07. The molecule has 0 atom stereocenters. The summed E-state index contributed by atoms with van der Waals surface area (Å²) >= 11 is 0. The third-order valence-corrected chi connectivity index (χ3v) is 7.41. The maximum atomic E-state index is 5.42. The summed E-state index contributed by atoms with van der Waals surface area (Å²) in [7, 11) is 0. The summed E-state index contributed by atoms with van der Waals surface area (Å²) in [5.74, 6) is 0. The second-order valence-electron chi connectivity index (χ2n) is 10.7. The van der Waals surface area contributed by atoms with Crippen molar-refractivity contribution < 1.29 is 4.42 Å². The molecule has 5 aromatic carbocycles. The van der Waals surface area contributed by atoms with Crippen molar-refractivity contribution in [3.05, 3.63) is 172 Å². The van der Waals surface area contributed by atoms with Crippen LogP contribution in [0.25, 0.3) is 39.8 Å². The van der Waals surface area contributed by atoms with E-state index in [-0.39, 0.29) is 0 Å². The summed E-state index contributed by atoms with van der Waals surface area (Å²) in [6.45, 7) is 18.4. The van der Waals surface area contributed by atoms with E-state index in [1.807, 2.05) is 31.2 Å². The van der Waals surface area contributed by atoms with Gasteiger partial charge in [0.1, 0.15) is 5.58 Å². The van der Waals surface area contributed by atoms with Gasteiger partial charge in [0.05, 0.1) is 6.26 Å². The monoisotopic (exact) mass is 548 g/mol. The van der Waals surface area contributed by atoms with E-state index in [0.29, 0.717) is 0 Å². The highest BCUT2D eigenvalue weighted by molar-refractivity contribution is 5.86. The van der Waals surface area contributed by atoms with Gasteiger partial charge >= 0.3 is 0 Å². The predicted octanol–water partition coefficient (Wildman–Crippen LogP) is 10.1. The van der Waals surface area contributed by atoms with Gasteiger partial charge in [-0.2, -0.15) is 0 Å². The maximum absolute atomic E-state index is 5.42. The fourth-order valence-corrected chi connectivity index (χ4v) is 4.84. The number of benzene rings is 5. The summed E-state index contributed by atoms with van der Waals surface area (Å²) in [4.78, 5) is 0. The molecule has 0 amide bonds. The summed E-state index contributed by atoms with van der Waals surface area (Å²) < 4.78 is 5.42. The van der Waals surface area contributed by atoms with Crippen LogP contribution in [0.1, 0.15) is 41.7 Å². The lowest BCUT2D eigenvalue weighted by Crippen LogP contribution is -2.24. The predicted molar refractivity (Wildman–Crippen MR) is 183 cm³/mol. The van der Waals surface area contributed by atoms with Gasteiger partial charge in [-0.15, -0.1) is 0 Å². The molecule has 6 rings (SSSR count). The van der Waals surface area contributed by atoms with Crippen molar-refractivity contribution in [1.29, 1.82) is 0 Å². The van der Waals surface area contributed by atoms with Crippen molar-refractivity contribution in [2.24, 2.45) is 0 Å². The molecule has 0 aliphatic heterocycles. The molecular weight excluding hydrogens is 508 g/mol. The van der Waals surface area contributed by atoms with Gasteiger partial charge in [0.25, 0.3) is 0 Å². The number of furan rings is 1. The molecule has 1 nitrogen and oxygen atoms in total. The molecule has 0 saturated carbocycles. The third-order valence-electron chi connectivity index (χ3n) is 7.41. The molecule has 0 radical (unpaired) electrons. The van der Waals surface area contributed by atoms with E-state index >= 15 is 0 Å². The van der Waals surface area contributed by atoms with Crippen LogP contribution >= 0.6 is 0 Å². The fraction of sp³-hybridized carbons (Fsp3) is 0.122. The van der Waals surface area contributed by atoms with Crippen molar-refractivity contribution in [2.75, 3.05) is 0 Å². The van der Waals surface area contributed by atoms with Gasteiger partial charge in [-0.3, -0.25) is 0 Å². The molecule has 0 saturated heterocycles. The van der Waals surface area contributed by atoms with Gasteiger partial charge in [0.2, 0.25) is 0 Å². The largest absolute Gasteiger partial charge is 0.464 e. The Labute approximate surface area is 250 Å². The molecule has 0 aliphatic rings. The van der Waals surface area contributed by atoms with Crippen LogP contribution in [0.2, 0.25) is 0 Å². The zero-order valence-corrected chi connectivity index (χ0v) is 25.4. The van der Waals surface area contributed by atoms with E-state index in [9.17, 15) is 0 Å². The lowest BCUT2D eigenvalue weighted by Gasteiger charge is -2.09. The van der Waals surface area contributed by atoms with E-state index < -0.39 is 0 Å². The first-order valence-electron chi connectivity index (χ1n) is 14.3. The molecule has 1 aromatic heterocycles. The summed E-state index contributed by atoms with van der Waals surface area (Å²) in [6, 6.07) is 41.8. The molecule has 1 heteroatoms. The van der Waals surface area contributed by atoms with Crippen LogP contribution in [0.5, 0.6) is 0 Å². The van der Waals surface area contributed by atoms with Gasteiger partial charge in [0, 0.05) is 5.39 Å². The Balaban J connectivity index is 0.000000150. The minimum Gasteiger partial charge on any atom is -0.464 e. The molecule has 42 heavy (non-hydrogen) atoms. The maximum Gasteiger partial charge on any atom is 0.134 e. The number of aryl methyl sites for hydroxylation is 3. The minimum atomic E-state index is 0.958. The Morgan fingerprint density at radius 3 is 1.90 bits per heavy atom. The molecule has 0 spiro atoms. The Bertz CT molecular complexity index is 1890. The molecular formula is C41H40O. The minimum absolute atomic E-state index is 0.958. The van der Waals surface area contributed by atoms with Crippen molar-refractivity contribution in [1.82, 2.24) is 0 Å². The Kier molecular flexibility index (Phi) is 10.1. The fourth-order valence-electron chi connectivity index (χ4n) is 4.84. The van der Waals surface area contributed by atoms with Gasteiger partial charge in [-0.1, -0.05) is 127 Å². The first-order chi connectivity index (χ1) is 20.2. The molecule has 1 heterocycles. The van der Waals surface area contributed by atoms with Gasteiger partial charge in [-0.05, 0) is 102 Å². The molecule has 0 fully saturated rings. The molecule has 210 valence electrons. The lowest BCUT2D eigenvalue weighted by atomic mass is 9.95. The van der Waals surface area contributed by atoms with E-state index in [1.54, 1.807) is 6.26 Å². The van der Waals surface area contributed by atoms with Crippen LogP contribution < -0.4 is 10.4 Å². The van der Waals surface area contributed by atoms with Gasteiger partial charge in [0.15, 0.2) is 0 Å². The Morgan fingerprint density at radius 2 is 1.24 bits per heavy atom. The molecule has 0 N–H and O–H groups in total. The number of hydrogen-bond donors (Lipinski definition) is 0. The van der Waals surface area contributed by atoms with Crippen molar-refractivity contribution >= 4 is 28.7 Å². The van der Waals surface area contributed by atoms with Crippen molar-refractivity contribution in [3.63, 3.8) is 0 Å². The lowest BCUT2D eigenvalue weighted by molar-refractivity contribution is 0.615. The van der Waals surface area contributed by atoms with Crippen LogP contribution in [0.4, 0.5) is 0 Å². The van der Waals surface area contributed by atoms with E-state index in [1.165, 1.54) is 49.7 Å². The molecule has 0 aliphatic carbocycles. The first kappa shape index (κ1) is 30.1. The van der Waals surface area contributed by atoms with E-state index in [4.69, 9.17) is 4.42 Å². The van der Waals surface area contributed by atoms with Crippen molar-refractivity contribution in [2.45, 2.75) is 34.6 Å². The third kappa shape index (κ3) is 7.65. The Hall–Kier alpha value is -4.88. The highest BCUT2D eigenvalue weighted by Crippen LogP contribution is 2.30. The Morgan fingerprint density at radius 1 is 0.595 bits per heavy atom. The average molecular weight is 549 g/mol. The van der Waals surface area contributed by atoms with Gasteiger partial charge < -0.3 is 4.42 Å². The number of hydrogen-bond acceptors (Lipinski definition) is 1. The summed E-state index contributed by atoms with van der Waals surface area (Å²) in [5, 5.41) is 3.47. The highest BCUT2D eigenvalue weighted by atomic mass is 16.3. The number of fused-ring (bicyclic) bond motifs is 1. The van der Waals surface area contributed by atoms with E-state index in [0.717, 1.165) is 21.8 Å². The standard InChI is InChI=1S/C16H14O.C15H14.C10H12/c1-11-5-3-4-6-14(11)15-10-13-7-8-17-16(13)9-12(15)2;1-12-8-6-7-11-15(12)13(2)14-9-4-3-5-10-14;1-8(2)10-6-4-9(3)5-7-10/h3-10H,1-2H3;3-11H,1H2,2H3;4-7H,1H2,2-3H3/b;15-13+;. The SMILES string of the molecule is C=C(C)c1ccc(C)cc1.C=c1cccc/c1=C(/C)c1ccccc1.Cc1ccccc1-c1cc2ccoc2cc1C. The van der Waals surface area contributed by atoms with Crippen molar-refractivity contribution in [3.8, 4) is 11.1 Å². The summed E-state index contributed by atoms with van der Waals surface area (Å²) in [6.07, 6.45) is 1.74. The smallest absolute Gasteiger partial charge is 0.134 e. The van der Waals surface area contributed by atoms with E-state index in [2.05, 4.69) is 138 Å². The quantitative estimate of drug-likeness (QED) is 0.214. The second-order valence-corrected chi connectivity index (χ2v) is 10.7. The first-order valence-corrected chi connectivity index (χ1v) is 14.3. The molecule has 0 unspecified atom stereocenters. The zero-order valence-electron chi connectivity index (χ0n) is 25.4. The van der Waals surface area contributed by atoms with Crippen LogP contribution in [-0.4, -0.2) is 0 Å². The average Bonchev–Trinajstić information content (AvgIpc) is 3.46. The van der Waals surface area contributed by atoms with Gasteiger partial charge in [-0.25, -0.2) is 0 Å². The summed E-state index contributed by atoms with van der Waals surface area (Å²) in [5.41, 5.74) is 12.3. The van der Waals surface area contributed by atoms with Crippen LogP contribution in [-0.2, 0) is 0 Å². The van der Waals surface area contributed by atoms with Crippen LogP contribution in [0, 0.1) is 20.8 Å². The zero-order chi connectivity index (χ0) is 30.1. The van der Waals surface area contributed by atoms with Crippen LogP contribution in [0.3, 0.4) is 0 Å².